The number of hydrogen-bond donors (Lipinski definition) is 1. The van der Waals surface area contributed by atoms with Crippen LogP contribution in [0.25, 0.3) is 21.5 Å². The van der Waals surface area contributed by atoms with E-state index in [9.17, 15) is 5.11 Å². The maximum Gasteiger partial charge on any atom is 0.126 e. The number of hydrogen-bond acceptors (Lipinski definition) is 1. The third-order valence-electron chi connectivity index (χ3n) is 3.35. The van der Waals surface area contributed by atoms with Gasteiger partial charge < -0.3 is 5.11 Å². The van der Waals surface area contributed by atoms with Crippen molar-refractivity contribution in [2.45, 2.75) is 6.42 Å². The predicted molar refractivity (Wildman–Crippen MR) is 77.0 cm³/mol. The van der Waals surface area contributed by atoms with Gasteiger partial charge >= 0.3 is 0 Å². The summed E-state index contributed by atoms with van der Waals surface area (Å²) < 4.78 is 0. The molecule has 0 heterocycles. The molecule has 3 aromatic rings. The standard InChI is InChI=1S/C17H14O/c1-2-5-13-9-10-15-14-7-4-3-6-12(14)8-11-16(15)17(13)18/h2-4,6-11,18H,1,5H2. The van der Waals surface area contributed by atoms with Crippen LogP contribution in [-0.4, -0.2) is 5.11 Å². The molecule has 0 spiro atoms. The highest BCUT2D eigenvalue weighted by Gasteiger charge is 2.07. The highest BCUT2D eigenvalue weighted by molar-refractivity contribution is 6.09. The van der Waals surface area contributed by atoms with Crippen molar-refractivity contribution < 1.29 is 5.11 Å². The summed E-state index contributed by atoms with van der Waals surface area (Å²) in [6, 6.07) is 16.3. The molecule has 0 bridgehead atoms. The van der Waals surface area contributed by atoms with E-state index in [1.165, 1.54) is 10.8 Å². The molecule has 0 unspecified atom stereocenters. The summed E-state index contributed by atoms with van der Waals surface area (Å²) in [5.74, 6) is 0.373. The van der Waals surface area contributed by atoms with Gasteiger partial charge in [-0.1, -0.05) is 54.6 Å². The summed E-state index contributed by atoms with van der Waals surface area (Å²) in [4.78, 5) is 0. The number of rotatable bonds is 2. The first-order valence-corrected chi connectivity index (χ1v) is 6.04. The second-order valence-corrected chi connectivity index (χ2v) is 4.45. The number of aromatic hydroxyl groups is 1. The summed E-state index contributed by atoms with van der Waals surface area (Å²) >= 11 is 0. The molecule has 0 atom stereocenters. The zero-order valence-electron chi connectivity index (χ0n) is 10.1. The van der Waals surface area contributed by atoms with E-state index in [0.29, 0.717) is 12.2 Å². The largest absolute Gasteiger partial charge is 0.507 e. The highest BCUT2D eigenvalue weighted by Crippen LogP contribution is 2.33. The van der Waals surface area contributed by atoms with Crippen LogP contribution in [0, 0.1) is 0 Å². The molecule has 0 saturated heterocycles. The second kappa shape index (κ2) is 4.19. The maximum atomic E-state index is 10.3. The number of benzene rings is 3. The molecule has 1 heteroatoms. The van der Waals surface area contributed by atoms with Crippen molar-refractivity contribution in [3.8, 4) is 5.75 Å². The van der Waals surface area contributed by atoms with Crippen LogP contribution in [0.15, 0.2) is 61.2 Å². The van der Waals surface area contributed by atoms with Gasteiger partial charge in [0, 0.05) is 5.39 Å². The van der Waals surface area contributed by atoms with Gasteiger partial charge in [-0.3, -0.25) is 0 Å². The molecular weight excluding hydrogens is 220 g/mol. The first-order chi connectivity index (χ1) is 8.81. The normalized spacial score (nSPS) is 10.9. The minimum Gasteiger partial charge on any atom is -0.507 e. The van der Waals surface area contributed by atoms with Crippen LogP contribution in [0.4, 0.5) is 0 Å². The smallest absolute Gasteiger partial charge is 0.126 e. The van der Waals surface area contributed by atoms with Gasteiger partial charge in [-0.05, 0) is 28.1 Å². The fourth-order valence-corrected chi connectivity index (χ4v) is 2.44. The summed E-state index contributed by atoms with van der Waals surface area (Å²) in [7, 11) is 0. The molecule has 0 aliphatic carbocycles. The predicted octanol–water partition coefficient (Wildman–Crippen LogP) is 4.43. The lowest BCUT2D eigenvalue weighted by molar-refractivity contribution is 0.476. The topological polar surface area (TPSA) is 20.2 Å². The Bertz CT molecular complexity index is 741. The third-order valence-corrected chi connectivity index (χ3v) is 3.35. The molecule has 1 N–H and O–H groups in total. The van der Waals surface area contributed by atoms with Crippen LogP contribution in [0.3, 0.4) is 0 Å². The zero-order valence-corrected chi connectivity index (χ0v) is 10.1. The lowest BCUT2D eigenvalue weighted by Crippen LogP contribution is -1.85. The van der Waals surface area contributed by atoms with E-state index in [-0.39, 0.29) is 0 Å². The highest BCUT2D eigenvalue weighted by atomic mass is 16.3. The Morgan fingerprint density at radius 1 is 0.889 bits per heavy atom. The molecule has 0 saturated carbocycles. The van der Waals surface area contributed by atoms with E-state index >= 15 is 0 Å². The van der Waals surface area contributed by atoms with E-state index in [1.807, 2.05) is 30.3 Å². The maximum absolute atomic E-state index is 10.3. The first-order valence-electron chi connectivity index (χ1n) is 6.04. The number of phenols is 1. The zero-order chi connectivity index (χ0) is 12.5. The average molecular weight is 234 g/mol. The summed E-state index contributed by atoms with van der Waals surface area (Å²) in [6.07, 6.45) is 2.50. The van der Waals surface area contributed by atoms with Crippen molar-refractivity contribution in [3.63, 3.8) is 0 Å². The molecule has 0 aliphatic rings. The van der Waals surface area contributed by atoms with E-state index < -0.39 is 0 Å². The summed E-state index contributed by atoms with van der Waals surface area (Å²) in [6.45, 7) is 3.72. The average Bonchev–Trinajstić information content (AvgIpc) is 2.42. The second-order valence-electron chi connectivity index (χ2n) is 4.45. The number of phenolic OH excluding ortho intramolecular Hbond substituents is 1. The fraction of sp³-hybridized carbons (Fsp3) is 0.0588. The quantitative estimate of drug-likeness (QED) is 0.514. The van der Waals surface area contributed by atoms with Gasteiger partial charge in [0.25, 0.3) is 0 Å². The molecule has 3 aromatic carbocycles. The lowest BCUT2D eigenvalue weighted by atomic mass is 9.98. The van der Waals surface area contributed by atoms with Crippen molar-refractivity contribution in [2.75, 3.05) is 0 Å². The Kier molecular flexibility index (Phi) is 2.52. The molecule has 1 nitrogen and oxygen atoms in total. The van der Waals surface area contributed by atoms with E-state index in [0.717, 1.165) is 16.3 Å². The van der Waals surface area contributed by atoms with Crippen molar-refractivity contribution in [1.82, 2.24) is 0 Å². The number of fused-ring (bicyclic) bond motifs is 3. The molecule has 3 rings (SSSR count). The summed E-state index contributed by atoms with van der Waals surface area (Å²) in [5, 5.41) is 14.7. The van der Waals surface area contributed by atoms with Crippen LogP contribution in [0.5, 0.6) is 5.75 Å². The monoisotopic (exact) mass is 234 g/mol. The van der Waals surface area contributed by atoms with Gasteiger partial charge in [-0.2, -0.15) is 0 Å². The van der Waals surface area contributed by atoms with Crippen molar-refractivity contribution in [2.24, 2.45) is 0 Å². The van der Waals surface area contributed by atoms with Crippen LogP contribution in [0.1, 0.15) is 5.56 Å². The van der Waals surface area contributed by atoms with E-state index in [1.54, 1.807) is 0 Å². The number of allylic oxidation sites excluding steroid dienone is 1. The molecule has 0 aromatic heterocycles. The van der Waals surface area contributed by atoms with Crippen molar-refractivity contribution in [1.29, 1.82) is 0 Å². The fourth-order valence-electron chi connectivity index (χ4n) is 2.44. The van der Waals surface area contributed by atoms with Gasteiger partial charge in [-0.15, -0.1) is 6.58 Å². The van der Waals surface area contributed by atoms with Gasteiger partial charge in [0.2, 0.25) is 0 Å². The summed E-state index contributed by atoms with van der Waals surface area (Å²) in [5.41, 5.74) is 0.924. The van der Waals surface area contributed by atoms with Crippen LogP contribution in [0.2, 0.25) is 0 Å². The Labute approximate surface area is 106 Å². The Morgan fingerprint density at radius 3 is 2.50 bits per heavy atom. The molecule has 0 radical (unpaired) electrons. The molecule has 88 valence electrons. The lowest BCUT2D eigenvalue weighted by Gasteiger charge is -2.08. The van der Waals surface area contributed by atoms with Crippen LogP contribution >= 0.6 is 0 Å². The minimum atomic E-state index is 0.373. The molecule has 0 amide bonds. The molecule has 0 aliphatic heterocycles. The van der Waals surface area contributed by atoms with Gasteiger partial charge in [0.15, 0.2) is 0 Å². The van der Waals surface area contributed by atoms with E-state index in [4.69, 9.17) is 0 Å². The minimum absolute atomic E-state index is 0.373. The first kappa shape index (κ1) is 10.8. The molecular formula is C17H14O. The molecule has 18 heavy (non-hydrogen) atoms. The van der Waals surface area contributed by atoms with Gasteiger partial charge in [-0.25, -0.2) is 0 Å². The van der Waals surface area contributed by atoms with Gasteiger partial charge in [0.05, 0.1) is 0 Å². The molecule has 0 fully saturated rings. The Morgan fingerprint density at radius 2 is 1.67 bits per heavy atom. The Balaban J connectivity index is 2.40. The third kappa shape index (κ3) is 1.56. The van der Waals surface area contributed by atoms with Crippen LogP contribution < -0.4 is 0 Å². The SMILES string of the molecule is C=CCc1ccc2c(ccc3ccccc32)c1O. The van der Waals surface area contributed by atoms with Crippen molar-refractivity contribution in [3.05, 3.63) is 66.7 Å². The van der Waals surface area contributed by atoms with E-state index in [2.05, 4.69) is 30.8 Å². The van der Waals surface area contributed by atoms with Crippen LogP contribution in [-0.2, 0) is 6.42 Å². The van der Waals surface area contributed by atoms with Gasteiger partial charge in [0.1, 0.15) is 5.75 Å². The van der Waals surface area contributed by atoms with Crippen molar-refractivity contribution >= 4 is 21.5 Å². The Hall–Kier alpha value is -2.28.